The first-order valence-electron chi connectivity index (χ1n) is 14.9. The van der Waals surface area contributed by atoms with E-state index in [1.807, 2.05) is 35.2 Å². The average Bonchev–Trinajstić information content (AvgIpc) is 3.65. The minimum Gasteiger partial charge on any atom is -0.445 e. The van der Waals surface area contributed by atoms with E-state index in [1.54, 1.807) is 23.1 Å². The predicted octanol–water partition coefficient (Wildman–Crippen LogP) is 4.95. The molecule has 2 aliphatic heterocycles. The second-order valence-corrected chi connectivity index (χ2v) is 11.8. The molecular formula is C33H42FN3O4. The van der Waals surface area contributed by atoms with E-state index in [4.69, 9.17) is 4.74 Å². The Balaban J connectivity index is 1.20. The van der Waals surface area contributed by atoms with Crippen LogP contribution in [0.5, 0.6) is 0 Å². The summed E-state index contributed by atoms with van der Waals surface area (Å²) in [5.74, 6) is -0.148. The van der Waals surface area contributed by atoms with Crippen molar-refractivity contribution < 1.29 is 23.8 Å². The zero-order valence-electron chi connectivity index (χ0n) is 23.8. The number of β-amino-alcohol motifs (C(OH)–C–C–N with tert-alkyl or cyclic N) is 1. The van der Waals surface area contributed by atoms with Crippen LogP contribution in [-0.2, 0) is 21.7 Å². The Morgan fingerprint density at radius 1 is 1.05 bits per heavy atom. The molecule has 3 fully saturated rings. The maximum Gasteiger partial charge on any atom is 0.410 e. The monoisotopic (exact) mass is 563 g/mol. The number of nitrogens with zero attached hydrogens (tertiary/aromatic N) is 3. The maximum atomic E-state index is 13.3. The van der Waals surface area contributed by atoms with Gasteiger partial charge >= 0.3 is 6.09 Å². The number of piperidine rings is 1. The molecular weight excluding hydrogens is 521 g/mol. The van der Waals surface area contributed by atoms with E-state index in [1.165, 1.54) is 12.1 Å². The SMILES string of the molecule is C=CCN(C(=O)OCc1ccc(F)cc1)C1CCN(C[C@H]2CN(C(=O)C3CCCC3)C[C@]2(O)c2ccccc2)CC1. The number of likely N-dealkylation sites (tertiary alicyclic amines) is 2. The first-order chi connectivity index (χ1) is 19.9. The molecule has 1 N–H and O–H groups in total. The second-order valence-electron chi connectivity index (χ2n) is 11.8. The van der Waals surface area contributed by atoms with Crippen molar-refractivity contribution in [3.8, 4) is 0 Å². The molecule has 41 heavy (non-hydrogen) atoms. The summed E-state index contributed by atoms with van der Waals surface area (Å²) in [5, 5.41) is 12.0. The van der Waals surface area contributed by atoms with E-state index in [2.05, 4.69) is 11.5 Å². The summed E-state index contributed by atoms with van der Waals surface area (Å²) in [7, 11) is 0. The minimum atomic E-state index is -1.09. The Morgan fingerprint density at radius 3 is 2.39 bits per heavy atom. The Kier molecular flexibility index (Phi) is 9.40. The Hall–Kier alpha value is -3.23. The van der Waals surface area contributed by atoms with Crippen molar-refractivity contribution >= 4 is 12.0 Å². The molecule has 0 radical (unpaired) electrons. The third-order valence-corrected chi connectivity index (χ3v) is 9.15. The third-order valence-electron chi connectivity index (χ3n) is 9.15. The molecule has 0 spiro atoms. The number of hydrogen-bond acceptors (Lipinski definition) is 5. The number of carbonyl (C=O) groups is 2. The van der Waals surface area contributed by atoms with E-state index >= 15 is 0 Å². The molecule has 2 amide bonds. The van der Waals surface area contributed by atoms with Gasteiger partial charge in [-0.05, 0) is 48.9 Å². The summed E-state index contributed by atoms with van der Waals surface area (Å²) < 4.78 is 18.8. The number of amides is 2. The summed E-state index contributed by atoms with van der Waals surface area (Å²) in [5.41, 5.74) is 0.504. The van der Waals surface area contributed by atoms with Crippen LogP contribution in [0.2, 0.25) is 0 Å². The minimum absolute atomic E-state index is 0.0157. The Labute approximate surface area is 242 Å². The standard InChI is InChI=1S/C33H42FN3O4/c1-2-18-37(32(39)41-23-25-12-14-29(34)15-13-25)30-16-19-35(20-17-30)21-28-22-36(31(38)26-8-6-7-9-26)24-33(28,40)27-10-4-3-5-11-27/h2-5,10-15,26,28,30,40H,1,6-9,16-24H2/t28-,33-/m0/s1. The smallest absolute Gasteiger partial charge is 0.410 e. The van der Waals surface area contributed by atoms with Crippen LogP contribution in [0, 0.1) is 17.7 Å². The zero-order chi connectivity index (χ0) is 28.8. The second kappa shape index (κ2) is 13.2. The molecule has 7 nitrogen and oxygen atoms in total. The molecule has 3 aliphatic rings. The molecule has 2 atom stereocenters. The summed E-state index contributed by atoms with van der Waals surface area (Å²) in [4.78, 5) is 32.3. The van der Waals surface area contributed by atoms with E-state index < -0.39 is 11.7 Å². The molecule has 2 aromatic carbocycles. The molecule has 2 aromatic rings. The number of benzene rings is 2. The highest BCUT2D eigenvalue weighted by atomic mass is 19.1. The van der Waals surface area contributed by atoms with Gasteiger partial charge in [0.25, 0.3) is 0 Å². The van der Waals surface area contributed by atoms with E-state index in [0.29, 0.717) is 26.2 Å². The lowest BCUT2D eigenvalue weighted by atomic mass is 9.83. The first kappa shape index (κ1) is 29.3. The predicted molar refractivity (Wildman–Crippen MR) is 155 cm³/mol. The van der Waals surface area contributed by atoms with Crippen LogP contribution in [0.25, 0.3) is 0 Å². The molecule has 0 aromatic heterocycles. The number of hydrogen-bond donors (Lipinski definition) is 1. The highest BCUT2D eigenvalue weighted by Gasteiger charge is 2.49. The van der Waals surface area contributed by atoms with Gasteiger partial charge in [0.05, 0.1) is 6.54 Å². The lowest BCUT2D eigenvalue weighted by Crippen LogP contribution is -2.50. The van der Waals surface area contributed by atoms with Crippen LogP contribution < -0.4 is 0 Å². The fourth-order valence-corrected chi connectivity index (χ4v) is 6.81. The van der Waals surface area contributed by atoms with E-state index in [-0.39, 0.29) is 36.2 Å². The molecule has 220 valence electrons. The van der Waals surface area contributed by atoms with Crippen LogP contribution in [-0.4, -0.2) is 77.1 Å². The van der Waals surface area contributed by atoms with Gasteiger partial charge in [0, 0.05) is 50.6 Å². The summed E-state index contributed by atoms with van der Waals surface area (Å²) in [6, 6.07) is 15.7. The largest absolute Gasteiger partial charge is 0.445 e. The van der Waals surface area contributed by atoms with Gasteiger partial charge < -0.3 is 24.5 Å². The molecule has 2 saturated heterocycles. The van der Waals surface area contributed by atoms with Gasteiger partial charge in [-0.25, -0.2) is 9.18 Å². The Morgan fingerprint density at radius 2 is 1.73 bits per heavy atom. The van der Waals surface area contributed by atoms with Crippen molar-refractivity contribution in [3.05, 3.63) is 84.2 Å². The van der Waals surface area contributed by atoms with Crippen molar-refractivity contribution in [1.82, 2.24) is 14.7 Å². The fourth-order valence-electron chi connectivity index (χ4n) is 6.81. The maximum absolute atomic E-state index is 13.3. The molecule has 5 rings (SSSR count). The van der Waals surface area contributed by atoms with Crippen LogP contribution >= 0.6 is 0 Å². The summed E-state index contributed by atoms with van der Waals surface area (Å²) in [6.45, 7) is 7.43. The molecule has 0 bridgehead atoms. The van der Waals surface area contributed by atoms with E-state index in [9.17, 15) is 19.1 Å². The van der Waals surface area contributed by atoms with Gasteiger partial charge in [-0.2, -0.15) is 0 Å². The fraction of sp³-hybridized carbons (Fsp3) is 0.515. The lowest BCUT2D eigenvalue weighted by Gasteiger charge is -2.40. The summed E-state index contributed by atoms with van der Waals surface area (Å²) >= 11 is 0. The van der Waals surface area contributed by atoms with Crippen LogP contribution in [0.1, 0.15) is 49.7 Å². The van der Waals surface area contributed by atoms with E-state index in [0.717, 1.165) is 62.7 Å². The van der Waals surface area contributed by atoms with Gasteiger partial charge in [0.15, 0.2) is 0 Å². The molecule has 2 heterocycles. The average molecular weight is 564 g/mol. The highest BCUT2D eigenvalue weighted by Crippen LogP contribution is 2.40. The number of ether oxygens (including phenoxy) is 1. The van der Waals surface area contributed by atoms with Crippen LogP contribution in [0.15, 0.2) is 67.3 Å². The number of carbonyl (C=O) groups excluding carboxylic acids is 2. The molecule has 0 unspecified atom stereocenters. The third kappa shape index (κ3) is 6.81. The van der Waals surface area contributed by atoms with Crippen LogP contribution in [0.3, 0.4) is 0 Å². The summed E-state index contributed by atoms with van der Waals surface area (Å²) in [6.07, 6.45) is 6.97. The number of aliphatic hydroxyl groups is 1. The van der Waals surface area contributed by atoms with Crippen molar-refractivity contribution in [2.75, 3.05) is 39.3 Å². The number of rotatable bonds is 9. The van der Waals surface area contributed by atoms with Gasteiger partial charge in [-0.3, -0.25) is 4.79 Å². The van der Waals surface area contributed by atoms with Gasteiger partial charge in [-0.15, -0.1) is 6.58 Å². The molecule has 1 aliphatic carbocycles. The van der Waals surface area contributed by atoms with Crippen molar-refractivity contribution in [2.45, 2.75) is 56.8 Å². The normalized spacial score (nSPS) is 24.0. The highest BCUT2D eigenvalue weighted by molar-refractivity contribution is 5.79. The van der Waals surface area contributed by atoms with Crippen molar-refractivity contribution in [1.29, 1.82) is 0 Å². The lowest BCUT2D eigenvalue weighted by molar-refractivity contribution is -0.135. The van der Waals surface area contributed by atoms with Gasteiger partial charge in [0.2, 0.25) is 5.91 Å². The Bertz CT molecular complexity index is 1180. The molecule has 8 heteroatoms. The van der Waals surface area contributed by atoms with Crippen molar-refractivity contribution in [2.24, 2.45) is 11.8 Å². The van der Waals surface area contributed by atoms with Crippen molar-refractivity contribution in [3.63, 3.8) is 0 Å². The topological polar surface area (TPSA) is 73.3 Å². The van der Waals surface area contributed by atoms with Crippen LogP contribution in [0.4, 0.5) is 9.18 Å². The van der Waals surface area contributed by atoms with Gasteiger partial charge in [-0.1, -0.05) is 61.4 Å². The first-order valence-corrected chi connectivity index (χ1v) is 14.9. The quantitative estimate of drug-likeness (QED) is 0.437. The van der Waals surface area contributed by atoms with Gasteiger partial charge in [0.1, 0.15) is 18.0 Å². The molecule has 1 saturated carbocycles. The zero-order valence-corrected chi connectivity index (χ0v) is 23.8. The number of halogens is 1.